The molecule has 3 heteroatoms. The first kappa shape index (κ1) is 15.3. The van der Waals surface area contributed by atoms with E-state index < -0.39 is 0 Å². The van der Waals surface area contributed by atoms with Crippen molar-refractivity contribution in [3.8, 4) is 0 Å². The molecule has 0 saturated carbocycles. The number of aryl methyl sites for hydroxylation is 1. The van der Waals surface area contributed by atoms with Crippen molar-refractivity contribution < 1.29 is 0 Å². The molecule has 1 aliphatic rings. The summed E-state index contributed by atoms with van der Waals surface area (Å²) >= 11 is 0. The highest BCUT2D eigenvalue weighted by Gasteiger charge is 2.25. The van der Waals surface area contributed by atoms with Gasteiger partial charge >= 0.3 is 0 Å². The minimum absolute atomic E-state index is 0.524. The lowest BCUT2D eigenvalue weighted by atomic mass is 10.0. The Balaban J connectivity index is 2.02. The molecule has 0 amide bonds. The van der Waals surface area contributed by atoms with Gasteiger partial charge in [0.1, 0.15) is 0 Å². The smallest absolute Gasteiger partial charge is 0.0399 e. The molecule has 1 aliphatic heterocycles. The van der Waals surface area contributed by atoms with E-state index in [0.717, 1.165) is 32.7 Å². The van der Waals surface area contributed by atoms with Gasteiger partial charge in [-0.3, -0.25) is 4.90 Å². The number of hydrogen-bond acceptors (Lipinski definition) is 3. The SMILES string of the molecule is Cc1cccc(N2CCN(C(CN)C(C)C)CC2)c1C. The van der Waals surface area contributed by atoms with Crippen molar-refractivity contribution in [2.24, 2.45) is 11.7 Å². The minimum atomic E-state index is 0.524. The van der Waals surface area contributed by atoms with Gasteiger partial charge < -0.3 is 10.6 Å². The maximum atomic E-state index is 5.94. The topological polar surface area (TPSA) is 32.5 Å². The van der Waals surface area contributed by atoms with E-state index in [-0.39, 0.29) is 0 Å². The fourth-order valence-electron chi connectivity index (χ4n) is 3.22. The Hall–Kier alpha value is -1.06. The first-order valence-corrected chi connectivity index (χ1v) is 7.80. The molecule has 1 heterocycles. The van der Waals surface area contributed by atoms with E-state index >= 15 is 0 Å². The Labute approximate surface area is 123 Å². The van der Waals surface area contributed by atoms with Crippen LogP contribution in [0.25, 0.3) is 0 Å². The minimum Gasteiger partial charge on any atom is -0.369 e. The number of rotatable bonds is 4. The van der Waals surface area contributed by atoms with Crippen molar-refractivity contribution in [2.75, 3.05) is 37.6 Å². The number of hydrogen-bond donors (Lipinski definition) is 1. The Bertz CT molecular complexity index is 434. The monoisotopic (exact) mass is 275 g/mol. The maximum absolute atomic E-state index is 5.94. The molecule has 3 nitrogen and oxygen atoms in total. The van der Waals surface area contributed by atoms with Crippen molar-refractivity contribution in [1.29, 1.82) is 0 Å². The van der Waals surface area contributed by atoms with Gasteiger partial charge in [0.05, 0.1) is 0 Å². The Kier molecular flexibility index (Phi) is 5.06. The van der Waals surface area contributed by atoms with Gasteiger partial charge in [-0.15, -0.1) is 0 Å². The molecular formula is C17H29N3. The fraction of sp³-hybridized carbons (Fsp3) is 0.647. The molecule has 1 aromatic carbocycles. The van der Waals surface area contributed by atoms with E-state index in [4.69, 9.17) is 5.73 Å². The van der Waals surface area contributed by atoms with Gasteiger partial charge in [-0.05, 0) is 37.0 Å². The highest BCUT2D eigenvalue weighted by molar-refractivity contribution is 5.56. The zero-order chi connectivity index (χ0) is 14.7. The fourth-order valence-corrected chi connectivity index (χ4v) is 3.22. The normalized spacial score (nSPS) is 18.6. The second-order valence-electron chi connectivity index (χ2n) is 6.29. The summed E-state index contributed by atoms with van der Waals surface area (Å²) < 4.78 is 0. The molecule has 0 spiro atoms. The van der Waals surface area contributed by atoms with E-state index in [1.165, 1.54) is 16.8 Å². The Morgan fingerprint density at radius 3 is 2.30 bits per heavy atom. The second-order valence-corrected chi connectivity index (χ2v) is 6.29. The quantitative estimate of drug-likeness (QED) is 0.916. The number of benzene rings is 1. The van der Waals surface area contributed by atoms with Crippen molar-refractivity contribution in [1.82, 2.24) is 4.90 Å². The van der Waals surface area contributed by atoms with E-state index in [9.17, 15) is 0 Å². The number of anilines is 1. The highest BCUT2D eigenvalue weighted by Crippen LogP contribution is 2.24. The van der Waals surface area contributed by atoms with Crippen LogP contribution in [0.4, 0.5) is 5.69 Å². The van der Waals surface area contributed by atoms with Gasteiger partial charge in [0.25, 0.3) is 0 Å². The molecule has 1 saturated heterocycles. The molecule has 0 bridgehead atoms. The summed E-state index contributed by atoms with van der Waals surface area (Å²) in [5.41, 5.74) is 10.1. The molecule has 112 valence electrons. The van der Waals surface area contributed by atoms with Crippen LogP contribution in [-0.4, -0.2) is 43.7 Å². The van der Waals surface area contributed by atoms with Crippen LogP contribution in [0.3, 0.4) is 0 Å². The zero-order valence-electron chi connectivity index (χ0n) is 13.4. The third kappa shape index (κ3) is 3.15. The average Bonchev–Trinajstić information content (AvgIpc) is 2.43. The predicted octanol–water partition coefficient (Wildman–Crippen LogP) is 2.41. The van der Waals surface area contributed by atoms with Crippen molar-refractivity contribution in [2.45, 2.75) is 33.7 Å². The standard InChI is InChI=1S/C17H29N3/c1-13(2)17(12-18)20-10-8-19(9-11-20)16-7-5-6-14(3)15(16)4/h5-7,13,17H,8-12,18H2,1-4H3. The van der Waals surface area contributed by atoms with Crippen LogP contribution in [0.2, 0.25) is 0 Å². The van der Waals surface area contributed by atoms with Crippen LogP contribution in [0.5, 0.6) is 0 Å². The van der Waals surface area contributed by atoms with Gasteiger partial charge in [-0.2, -0.15) is 0 Å². The van der Waals surface area contributed by atoms with Crippen LogP contribution in [0.15, 0.2) is 18.2 Å². The zero-order valence-corrected chi connectivity index (χ0v) is 13.4. The van der Waals surface area contributed by atoms with Crippen LogP contribution < -0.4 is 10.6 Å². The summed E-state index contributed by atoms with van der Waals surface area (Å²) in [5, 5.41) is 0. The van der Waals surface area contributed by atoms with Gasteiger partial charge in [0.15, 0.2) is 0 Å². The summed E-state index contributed by atoms with van der Waals surface area (Å²) in [5.74, 6) is 0.632. The van der Waals surface area contributed by atoms with Gasteiger partial charge in [0, 0.05) is 44.5 Å². The molecular weight excluding hydrogens is 246 g/mol. The third-order valence-electron chi connectivity index (χ3n) is 4.71. The summed E-state index contributed by atoms with van der Waals surface area (Å²) in [6, 6.07) is 7.13. The Morgan fingerprint density at radius 2 is 1.75 bits per heavy atom. The van der Waals surface area contributed by atoms with E-state index in [0.29, 0.717) is 12.0 Å². The maximum Gasteiger partial charge on any atom is 0.0399 e. The first-order chi connectivity index (χ1) is 9.54. The molecule has 1 aromatic rings. The number of nitrogens with zero attached hydrogens (tertiary/aromatic N) is 2. The average molecular weight is 275 g/mol. The lowest BCUT2D eigenvalue weighted by Crippen LogP contribution is -2.54. The molecule has 0 aromatic heterocycles. The lowest BCUT2D eigenvalue weighted by molar-refractivity contribution is 0.151. The van der Waals surface area contributed by atoms with Crippen molar-refractivity contribution in [3.63, 3.8) is 0 Å². The number of nitrogens with two attached hydrogens (primary N) is 1. The van der Waals surface area contributed by atoms with Gasteiger partial charge in [-0.25, -0.2) is 0 Å². The lowest BCUT2D eigenvalue weighted by Gasteiger charge is -2.41. The van der Waals surface area contributed by atoms with Crippen LogP contribution in [0, 0.1) is 19.8 Å². The van der Waals surface area contributed by atoms with E-state index in [1.807, 2.05) is 0 Å². The molecule has 1 atom stereocenters. The van der Waals surface area contributed by atoms with E-state index in [2.05, 4.69) is 55.7 Å². The molecule has 2 rings (SSSR count). The molecule has 0 radical (unpaired) electrons. The third-order valence-corrected chi connectivity index (χ3v) is 4.71. The van der Waals surface area contributed by atoms with Gasteiger partial charge in [-0.1, -0.05) is 26.0 Å². The van der Waals surface area contributed by atoms with Crippen molar-refractivity contribution >= 4 is 5.69 Å². The summed E-state index contributed by atoms with van der Waals surface area (Å²) in [7, 11) is 0. The molecule has 0 aliphatic carbocycles. The Morgan fingerprint density at radius 1 is 1.10 bits per heavy atom. The second kappa shape index (κ2) is 6.59. The van der Waals surface area contributed by atoms with Crippen LogP contribution in [0.1, 0.15) is 25.0 Å². The largest absolute Gasteiger partial charge is 0.369 e. The molecule has 20 heavy (non-hydrogen) atoms. The van der Waals surface area contributed by atoms with Crippen molar-refractivity contribution in [3.05, 3.63) is 29.3 Å². The van der Waals surface area contributed by atoms with Crippen LogP contribution in [-0.2, 0) is 0 Å². The number of piperazine rings is 1. The highest BCUT2D eigenvalue weighted by atomic mass is 15.3. The molecule has 1 fully saturated rings. The molecule has 2 N–H and O–H groups in total. The summed E-state index contributed by atoms with van der Waals surface area (Å²) in [6.07, 6.45) is 0. The first-order valence-electron chi connectivity index (χ1n) is 7.80. The summed E-state index contributed by atoms with van der Waals surface area (Å²) in [6.45, 7) is 14.2. The summed E-state index contributed by atoms with van der Waals surface area (Å²) in [4.78, 5) is 5.08. The van der Waals surface area contributed by atoms with Crippen LogP contribution >= 0.6 is 0 Å². The molecule has 1 unspecified atom stereocenters. The van der Waals surface area contributed by atoms with E-state index in [1.54, 1.807) is 0 Å². The van der Waals surface area contributed by atoms with Gasteiger partial charge in [0.2, 0.25) is 0 Å². The predicted molar refractivity (Wildman–Crippen MR) is 87.4 cm³/mol.